The molecule has 0 aliphatic rings. The molecule has 0 atom stereocenters. The van der Waals surface area contributed by atoms with Gasteiger partial charge in [0.1, 0.15) is 0 Å². The number of carbonyl (C=O) groups is 2. The third-order valence-corrected chi connectivity index (χ3v) is 3.20. The van der Waals surface area contributed by atoms with Crippen LogP contribution in [0.4, 0.5) is 0 Å². The molecule has 0 bridgehead atoms. The zero-order chi connectivity index (χ0) is 14.7. The van der Waals surface area contributed by atoms with Gasteiger partial charge in [0.05, 0.1) is 18.2 Å². The average Bonchev–Trinajstić information content (AvgIpc) is 2.80. The van der Waals surface area contributed by atoms with Gasteiger partial charge < -0.3 is 14.4 Å². The monoisotopic (exact) mass is 273 g/mol. The molecule has 0 unspecified atom stereocenters. The van der Waals surface area contributed by atoms with Gasteiger partial charge in [0, 0.05) is 18.4 Å². The SMILES string of the molecule is COC(=O)c1ccc(Cn2ccc(C(=O)O)c2C)cc1. The van der Waals surface area contributed by atoms with Crippen LogP contribution in [-0.4, -0.2) is 28.7 Å². The van der Waals surface area contributed by atoms with E-state index >= 15 is 0 Å². The summed E-state index contributed by atoms with van der Waals surface area (Å²) in [6.45, 7) is 2.33. The molecule has 2 aromatic rings. The highest BCUT2D eigenvalue weighted by atomic mass is 16.5. The molecule has 0 aliphatic carbocycles. The molecule has 0 amide bonds. The van der Waals surface area contributed by atoms with Crippen LogP contribution in [0.15, 0.2) is 36.5 Å². The summed E-state index contributed by atoms with van der Waals surface area (Å²) in [7, 11) is 1.34. The van der Waals surface area contributed by atoms with Crippen molar-refractivity contribution in [3.8, 4) is 0 Å². The van der Waals surface area contributed by atoms with Crippen LogP contribution in [0.1, 0.15) is 32.0 Å². The number of methoxy groups -OCH3 is 1. The number of hydrogen-bond donors (Lipinski definition) is 1. The standard InChI is InChI=1S/C15H15NO4/c1-10-13(14(17)18)7-8-16(10)9-11-3-5-12(6-4-11)15(19)20-2/h3-8H,9H2,1-2H3,(H,17,18). The number of carboxylic acids is 1. The van der Waals surface area contributed by atoms with E-state index in [9.17, 15) is 9.59 Å². The largest absolute Gasteiger partial charge is 0.478 e. The van der Waals surface area contributed by atoms with Crippen LogP contribution in [0.25, 0.3) is 0 Å². The van der Waals surface area contributed by atoms with Crippen molar-refractivity contribution in [3.05, 3.63) is 58.9 Å². The fraction of sp³-hybridized carbons (Fsp3) is 0.200. The van der Waals surface area contributed by atoms with Crippen LogP contribution in [0.5, 0.6) is 0 Å². The summed E-state index contributed by atoms with van der Waals surface area (Å²) in [5, 5.41) is 9.00. The second-order valence-corrected chi connectivity index (χ2v) is 4.44. The van der Waals surface area contributed by atoms with Gasteiger partial charge in [-0.3, -0.25) is 0 Å². The van der Waals surface area contributed by atoms with Crippen LogP contribution in [-0.2, 0) is 11.3 Å². The lowest BCUT2D eigenvalue weighted by molar-refractivity contribution is 0.0599. The Labute approximate surface area is 116 Å². The van der Waals surface area contributed by atoms with Gasteiger partial charge in [0.2, 0.25) is 0 Å². The third-order valence-electron chi connectivity index (χ3n) is 3.20. The number of aromatic carboxylic acids is 1. The van der Waals surface area contributed by atoms with Crippen molar-refractivity contribution in [2.45, 2.75) is 13.5 Å². The molecule has 0 spiro atoms. The molecular weight excluding hydrogens is 258 g/mol. The van der Waals surface area contributed by atoms with E-state index in [1.807, 2.05) is 16.7 Å². The van der Waals surface area contributed by atoms with Gasteiger partial charge in [-0.25, -0.2) is 9.59 Å². The molecule has 0 radical (unpaired) electrons. The van der Waals surface area contributed by atoms with Crippen molar-refractivity contribution >= 4 is 11.9 Å². The predicted molar refractivity (Wildman–Crippen MR) is 73.0 cm³/mol. The van der Waals surface area contributed by atoms with Gasteiger partial charge in [-0.15, -0.1) is 0 Å². The minimum atomic E-state index is -0.928. The lowest BCUT2D eigenvalue weighted by Gasteiger charge is -2.07. The zero-order valence-electron chi connectivity index (χ0n) is 11.3. The molecule has 20 heavy (non-hydrogen) atoms. The number of benzene rings is 1. The lowest BCUT2D eigenvalue weighted by atomic mass is 10.1. The maximum Gasteiger partial charge on any atom is 0.337 e. The normalized spacial score (nSPS) is 10.3. The Hall–Kier alpha value is -2.56. The Balaban J connectivity index is 2.18. The Bertz CT molecular complexity index is 640. The second-order valence-electron chi connectivity index (χ2n) is 4.44. The molecule has 1 N–H and O–H groups in total. The Morgan fingerprint density at radius 1 is 1.20 bits per heavy atom. The molecule has 104 valence electrons. The molecule has 5 heteroatoms. The molecule has 0 saturated carbocycles. The number of carbonyl (C=O) groups excluding carboxylic acids is 1. The number of esters is 1. The van der Waals surface area contributed by atoms with Gasteiger partial charge in [-0.1, -0.05) is 12.1 Å². The maximum atomic E-state index is 11.3. The van der Waals surface area contributed by atoms with Gasteiger partial charge in [0.25, 0.3) is 0 Å². The first-order chi connectivity index (χ1) is 9.52. The number of hydrogen-bond acceptors (Lipinski definition) is 3. The molecular formula is C15H15NO4. The Kier molecular flexibility index (Phi) is 3.89. The van der Waals surface area contributed by atoms with E-state index in [1.165, 1.54) is 7.11 Å². The highest BCUT2D eigenvalue weighted by Crippen LogP contribution is 2.13. The number of aromatic nitrogens is 1. The second kappa shape index (κ2) is 5.61. The molecule has 0 saturated heterocycles. The summed E-state index contributed by atoms with van der Waals surface area (Å²) < 4.78 is 6.49. The van der Waals surface area contributed by atoms with Gasteiger partial charge in [-0.2, -0.15) is 0 Å². The summed E-state index contributed by atoms with van der Waals surface area (Å²) in [5.41, 5.74) is 2.48. The van der Waals surface area contributed by atoms with E-state index in [1.54, 1.807) is 31.3 Å². The predicted octanol–water partition coefficient (Wildman–Crippen LogP) is 2.33. The summed E-state index contributed by atoms with van der Waals surface area (Å²) in [5.74, 6) is -1.30. The topological polar surface area (TPSA) is 68.5 Å². The third kappa shape index (κ3) is 2.71. The minimum absolute atomic E-state index is 0.302. The van der Waals surface area contributed by atoms with Gasteiger partial charge in [-0.05, 0) is 30.7 Å². The quantitative estimate of drug-likeness (QED) is 0.868. The summed E-state index contributed by atoms with van der Waals surface area (Å²) in [6, 6.07) is 8.62. The van der Waals surface area contributed by atoms with Crippen molar-refractivity contribution in [1.29, 1.82) is 0 Å². The molecule has 2 rings (SSSR count). The molecule has 0 aliphatic heterocycles. The van der Waals surface area contributed by atoms with Gasteiger partial charge in [0.15, 0.2) is 0 Å². The molecule has 1 aromatic carbocycles. The summed E-state index contributed by atoms with van der Waals surface area (Å²) in [6.07, 6.45) is 1.74. The highest BCUT2D eigenvalue weighted by Gasteiger charge is 2.11. The van der Waals surface area contributed by atoms with E-state index in [0.29, 0.717) is 23.4 Å². The van der Waals surface area contributed by atoms with Crippen LogP contribution < -0.4 is 0 Å². The van der Waals surface area contributed by atoms with Crippen LogP contribution in [0.2, 0.25) is 0 Å². The molecule has 5 nitrogen and oxygen atoms in total. The zero-order valence-corrected chi connectivity index (χ0v) is 11.3. The molecule has 1 heterocycles. The van der Waals surface area contributed by atoms with Crippen molar-refractivity contribution in [1.82, 2.24) is 4.57 Å². The Morgan fingerprint density at radius 2 is 1.85 bits per heavy atom. The number of ether oxygens (including phenoxy) is 1. The summed E-state index contributed by atoms with van der Waals surface area (Å²) in [4.78, 5) is 22.3. The maximum absolute atomic E-state index is 11.3. The first-order valence-electron chi connectivity index (χ1n) is 6.09. The van der Waals surface area contributed by atoms with Crippen LogP contribution >= 0.6 is 0 Å². The van der Waals surface area contributed by atoms with Crippen molar-refractivity contribution in [3.63, 3.8) is 0 Å². The van der Waals surface area contributed by atoms with Crippen LogP contribution in [0, 0.1) is 6.92 Å². The van der Waals surface area contributed by atoms with Crippen molar-refractivity contribution in [2.24, 2.45) is 0 Å². The first kappa shape index (κ1) is 13.9. The fourth-order valence-corrected chi connectivity index (χ4v) is 2.01. The minimum Gasteiger partial charge on any atom is -0.478 e. The van der Waals surface area contributed by atoms with Gasteiger partial charge >= 0.3 is 11.9 Å². The number of carboxylic acid groups (broad SMARTS) is 1. The fourth-order valence-electron chi connectivity index (χ4n) is 2.01. The highest BCUT2D eigenvalue weighted by molar-refractivity contribution is 5.89. The Morgan fingerprint density at radius 3 is 2.35 bits per heavy atom. The van der Waals surface area contributed by atoms with Crippen molar-refractivity contribution in [2.75, 3.05) is 7.11 Å². The van der Waals surface area contributed by atoms with E-state index in [-0.39, 0.29) is 5.97 Å². The van der Waals surface area contributed by atoms with E-state index in [2.05, 4.69) is 4.74 Å². The number of nitrogens with zero attached hydrogens (tertiary/aromatic N) is 1. The van der Waals surface area contributed by atoms with E-state index < -0.39 is 5.97 Å². The first-order valence-corrected chi connectivity index (χ1v) is 6.09. The molecule has 0 fully saturated rings. The summed E-state index contributed by atoms with van der Waals surface area (Å²) >= 11 is 0. The lowest BCUT2D eigenvalue weighted by Crippen LogP contribution is -2.05. The van der Waals surface area contributed by atoms with E-state index in [0.717, 1.165) is 5.56 Å². The number of rotatable bonds is 4. The smallest absolute Gasteiger partial charge is 0.337 e. The average molecular weight is 273 g/mol. The van der Waals surface area contributed by atoms with Crippen molar-refractivity contribution < 1.29 is 19.4 Å². The molecule has 1 aromatic heterocycles. The van der Waals surface area contributed by atoms with Crippen LogP contribution in [0.3, 0.4) is 0 Å². The van der Waals surface area contributed by atoms with E-state index in [4.69, 9.17) is 5.11 Å².